The highest BCUT2D eigenvalue weighted by atomic mass is 79.9. The summed E-state index contributed by atoms with van der Waals surface area (Å²) in [5.41, 5.74) is 1.35. The summed E-state index contributed by atoms with van der Waals surface area (Å²) in [4.78, 5) is 29.2. The number of carbonyl (C=O) groups is 2. The number of rotatable bonds is 6. The third-order valence-corrected chi connectivity index (χ3v) is 4.01. The summed E-state index contributed by atoms with van der Waals surface area (Å²) in [5.74, 6) is -0.271. The summed E-state index contributed by atoms with van der Waals surface area (Å²) in [5, 5.41) is 12.2. The van der Waals surface area contributed by atoms with Gasteiger partial charge in [0.15, 0.2) is 0 Å². The number of amides is 2. The van der Waals surface area contributed by atoms with E-state index in [0.29, 0.717) is 16.8 Å². The quantitative estimate of drug-likeness (QED) is 0.731. The molecule has 0 fully saturated rings. The van der Waals surface area contributed by atoms with Gasteiger partial charge in [0.2, 0.25) is 5.91 Å². The molecule has 0 aliphatic rings. The van der Waals surface area contributed by atoms with E-state index in [0.717, 1.165) is 5.56 Å². The van der Waals surface area contributed by atoms with Crippen LogP contribution in [0.1, 0.15) is 24.9 Å². The lowest BCUT2D eigenvalue weighted by atomic mass is 10.0. The number of nitrogens with one attached hydrogen (secondary N) is 1. The van der Waals surface area contributed by atoms with Gasteiger partial charge in [-0.25, -0.2) is 9.78 Å². The maximum absolute atomic E-state index is 12.4. The van der Waals surface area contributed by atoms with Gasteiger partial charge < -0.3 is 15.3 Å². The summed E-state index contributed by atoms with van der Waals surface area (Å²) in [6.45, 7) is 2.04. The molecule has 2 amide bonds. The second kappa shape index (κ2) is 8.44. The Morgan fingerprint density at radius 3 is 2.50 bits per heavy atom. The van der Waals surface area contributed by atoms with Gasteiger partial charge in [0, 0.05) is 6.54 Å². The van der Waals surface area contributed by atoms with Crippen LogP contribution < -0.4 is 5.32 Å². The van der Waals surface area contributed by atoms with Gasteiger partial charge in [-0.3, -0.25) is 4.79 Å². The number of hydrogen-bond donors (Lipinski definition) is 2. The Bertz CT molecular complexity index is 692. The Morgan fingerprint density at radius 2 is 1.96 bits per heavy atom. The maximum Gasteiger partial charge on any atom is 0.407 e. The minimum Gasteiger partial charge on any atom is -0.465 e. The van der Waals surface area contributed by atoms with Crippen LogP contribution >= 0.6 is 15.9 Å². The van der Waals surface area contributed by atoms with Gasteiger partial charge in [-0.15, -0.1) is 0 Å². The van der Waals surface area contributed by atoms with Crippen molar-refractivity contribution >= 4 is 33.6 Å². The van der Waals surface area contributed by atoms with Gasteiger partial charge in [0.05, 0.1) is 24.3 Å². The molecule has 0 saturated heterocycles. The average Bonchev–Trinajstić information content (AvgIpc) is 2.57. The van der Waals surface area contributed by atoms with Crippen molar-refractivity contribution in [1.82, 2.24) is 9.88 Å². The zero-order valence-electron chi connectivity index (χ0n) is 13.1. The predicted molar refractivity (Wildman–Crippen MR) is 94.8 cm³/mol. The Balaban J connectivity index is 2.16. The second-order valence-corrected chi connectivity index (χ2v) is 5.93. The molecule has 2 N–H and O–H groups in total. The Kier molecular flexibility index (Phi) is 6.31. The van der Waals surface area contributed by atoms with Gasteiger partial charge in [-0.2, -0.15) is 0 Å². The number of aromatic nitrogens is 1. The van der Waals surface area contributed by atoms with Crippen LogP contribution in [0.5, 0.6) is 0 Å². The number of carbonyl (C=O) groups excluding carboxylic acids is 1. The number of halogens is 1. The van der Waals surface area contributed by atoms with E-state index in [-0.39, 0.29) is 12.3 Å². The number of hydrogen-bond acceptors (Lipinski definition) is 3. The van der Waals surface area contributed by atoms with E-state index in [1.807, 2.05) is 30.3 Å². The third-order valence-electron chi connectivity index (χ3n) is 3.54. The average molecular weight is 392 g/mol. The van der Waals surface area contributed by atoms with Crippen LogP contribution in [0.15, 0.2) is 53.3 Å². The zero-order chi connectivity index (χ0) is 17.5. The van der Waals surface area contributed by atoms with Crippen molar-refractivity contribution < 1.29 is 14.7 Å². The fourth-order valence-electron chi connectivity index (χ4n) is 2.41. The van der Waals surface area contributed by atoms with E-state index in [1.165, 1.54) is 11.1 Å². The summed E-state index contributed by atoms with van der Waals surface area (Å²) < 4.78 is 0.672. The lowest BCUT2D eigenvalue weighted by Gasteiger charge is -2.28. The highest BCUT2D eigenvalue weighted by Gasteiger charge is 2.26. The summed E-state index contributed by atoms with van der Waals surface area (Å²) >= 11 is 3.23. The smallest absolute Gasteiger partial charge is 0.407 e. The molecule has 0 saturated carbocycles. The van der Waals surface area contributed by atoms with Crippen molar-refractivity contribution in [2.24, 2.45) is 0 Å². The molecule has 2 rings (SSSR count). The van der Waals surface area contributed by atoms with Crippen molar-refractivity contribution in [3.05, 3.63) is 58.8 Å². The molecule has 24 heavy (non-hydrogen) atoms. The molecule has 1 heterocycles. The molecule has 1 atom stereocenters. The van der Waals surface area contributed by atoms with Crippen LogP contribution in [0.2, 0.25) is 0 Å². The molecule has 1 aromatic heterocycles. The van der Waals surface area contributed by atoms with Crippen molar-refractivity contribution in [3.63, 3.8) is 0 Å². The molecule has 6 nitrogen and oxygen atoms in total. The lowest BCUT2D eigenvalue weighted by molar-refractivity contribution is -0.117. The van der Waals surface area contributed by atoms with Gasteiger partial charge in [0.25, 0.3) is 0 Å². The fourth-order valence-corrected chi connectivity index (χ4v) is 2.64. The van der Waals surface area contributed by atoms with Crippen LogP contribution in [0.3, 0.4) is 0 Å². The number of anilines is 1. The Labute approximate surface area is 148 Å². The lowest BCUT2D eigenvalue weighted by Crippen LogP contribution is -2.35. The van der Waals surface area contributed by atoms with E-state index in [9.17, 15) is 14.7 Å². The van der Waals surface area contributed by atoms with E-state index >= 15 is 0 Å². The summed E-state index contributed by atoms with van der Waals surface area (Å²) in [6.07, 6.45) is 0.513. The predicted octanol–water partition coefficient (Wildman–Crippen LogP) is 3.91. The molecule has 0 bridgehead atoms. The van der Waals surface area contributed by atoms with Gasteiger partial charge in [0.1, 0.15) is 4.60 Å². The minimum absolute atomic E-state index is 0.0280. The highest BCUT2D eigenvalue weighted by molar-refractivity contribution is 9.10. The molecule has 1 unspecified atom stereocenters. The van der Waals surface area contributed by atoms with E-state index in [2.05, 4.69) is 26.2 Å². The molecule has 0 radical (unpaired) electrons. The number of carboxylic acid groups (broad SMARTS) is 1. The molecular formula is C17H18BrN3O3. The first-order chi connectivity index (χ1) is 11.5. The second-order valence-electron chi connectivity index (χ2n) is 5.12. The number of nitrogens with zero attached hydrogens (tertiary/aromatic N) is 2. The van der Waals surface area contributed by atoms with Crippen molar-refractivity contribution in [3.8, 4) is 0 Å². The van der Waals surface area contributed by atoms with Gasteiger partial charge in [-0.1, -0.05) is 30.3 Å². The third kappa shape index (κ3) is 4.79. The van der Waals surface area contributed by atoms with E-state index < -0.39 is 12.1 Å². The molecule has 1 aromatic carbocycles. The first kappa shape index (κ1) is 17.9. The van der Waals surface area contributed by atoms with Gasteiger partial charge >= 0.3 is 6.09 Å². The molecule has 2 aromatic rings. The Hall–Kier alpha value is -2.41. The van der Waals surface area contributed by atoms with Crippen molar-refractivity contribution in [1.29, 1.82) is 0 Å². The first-order valence-electron chi connectivity index (χ1n) is 7.47. The summed E-state index contributed by atoms with van der Waals surface area (Å²) in [7, 11) is 0. The van der Waals surface area contributed by atoms with E-state index in [1.54, 1.807) is 19.1 Å². The number of benzene rings is 1. The van der Waals surface area contributed by atoms with Crippen LogP contribution in [-0.4, -0.2) is 33.5 Å². The van der Waals surface area contributed by atoms with Crippen LogP contribution in [-0.2, 0) is 4.79 Å². The molecule has 0 spiro atoms. The monoisotopic (exact) mass is 391 g/mol. The molecule has 126 valence electrons. The molecule has 0 aliphatic heterocycles. The summed E-state index contributed by atoms with van der Waals surface area (Å²) in [6, 6.07) is 12.1. The van der Waals surface area contributed by atoms with Crippen LogP contribution in [0.25, 0.3) is 0 Å². The molecular weight excluding hydrogens is 374 g/mol. The van der Waals surface area contributed by atoms with E-state index in [4.69, 9.17) is 0 Å². The molecule has 0 aliphatic carbocycles. The SMILES string of the molecule is CCN(C(=O)O)C(CC(=O)Nc1ccc(Br)nc1)c1ccccc1. The topological polar surface area (TPSA) is 82.5 Å². The van der Waals surface area contributed by atoms with Crippen molar-refractivity contribution in [2.75, 3.05) is 11.9 Å². The van der Waals surface area contributed by atoms with Crippen molar-refractivity contribution in [2.45, 2.75) is 19.4 Å². The zero-order valence-corrected chi connectivity index (χ0v) is 14.7. The van der Waals surface area contributed by atoms with Crippen LogP contribution in [0, 0.1) is 0 Å². The fraction of sp³-hybridized carbons (Fsp3) is 0.235. The maximum atomic E-state index is 12.4. The molecule has 7 heteroatoms. The minimum atomic E-state index is -1.05. The highest BCUT2D eigenvalue weighted by Crippen LogP contribution is 2.25. The standard InChI is InChI=1S/C17H18BrN3O3/c1-2-21(17(23)24)14(12-6-4-3-5-7-12)10-16(22)20-13-8-9-15(18)19-11-13/h3-9,11,14H,2,10H2,1H3,(H,20,22)(H,23,24). The Morgan fingerprint density at radius 1 is 1.25 bits per heavy atom. The number of pyridine rings is 1. The first-order valence-corrected chi connectivity index (χ1v) is 8.26. The van der Waals surface area contributed by atoms with Gasteiger partial charge in [-0.05, 0) is 40.5 Å². The largest absolute Gasteiger partial charge is 0.465 e. The van der Waals surface area contributed by atoms with Crippen LogP contribution in [0.4, 0.5) is 10.5 Å². The normalized spacial score (nSPS) is 11.6.